The van der Waals surface area contributed by atoms with Gasteiger partial charge in [-0.05, 0) is 139 Å². The SMILES string of the molecule is C=C(C)[C@@H]1CC[C@]2(NC(=O)C(=O)N(C)C)CC[C@]3(C)[C@H](CC[C@@H]4[C@@]5(C)CC=C(c6ccc(C(=O)O)cc6)C(C)(C)[C@@H]5CC[C@]43C)[C@@H]12. The van der Waals surface area contributed by atoms with Crippen molar-refractivity contribution in [3.8, 4) is 0 Å². The molecule has 1 aromatic rings. The summed E-state index contributed by atoms with van der Waals surface area (Å²) >= 11 is 0. The number of carboxylic acids is 1. The van der Waals surface area contributed by atoms with Crippen molar-refractivity contribution in [1.29, 1.82) is 0 Å². The van der Waals surface area contributed by atoms with Crippen molar-refractivity contribution in [2.45, 2.75) is 105 Å². The number of hydrogen-bond acceptors (Lipinski definition) is 3. The van der Waals surface area contributed by atoms with E-state index in [2.05, 4.69) is 59.5 Å². The summed E-state index contributed by atoms with van der Waals surface area (Å²) in [5.41, 5.74) is 4.14. The maximum absolute atomic E-state index is 13.3. The zero-order valence-corrected chi connectivity index (χ0v) is 29.5. The number of carbonyl (C=O) groups excluding carboxylic acids is 2. The predicted molar refractivity (Wildman–Crippen MR) is 183 cm³/mol. The molecular weight excluding hydrogens is 572 g/mol. The number of hydrogen-bond donors (Lipinski definition) is 2. The van der Waals surface area contributed by atoms with Gasteiger partial charge in [-0.2, -0.15) is 0 Å². The van der Waals surface area contributed by atoms with Gasteiger partial charge in [-0.15, -0.1) is 0 Å². The standard InChI is InChI=1S/C40H56N2O4/c1-24(2)27-16-21-40(41-33(43)34(44)42(8)9)23-22-38(6)29(32(27)40)14-15-31-37(5)19-17-28(25-10-12-26(13-11-25)35(45)46)36(3,4)30(37)18-20-39(31,38)7/h10-13,17,27,29-32H,1,14-16,18-23H2,2-9H3,(H,41,43)(H,45,46)/t27-,29+,30-,31+,32+,37-,38+,39+,40-/m0/s1. The highest BCUT2D eigenvalue weighted by molar-refractivity contribution is 6.35. The Labute approximate surface area is 276 Å². The first-order valence-electron chi connectivity index (χ1n) is 17.7. The number of rotatable bonds is 4. The second-order valence-electron chi connectivity index (χ2n) is 17.4. The van der Waals surface area contributed by atoms with Crippen LogP contribution in [0, 0.1) is 51.2 Å². The summed E-state index contributed by atoms with van der Waals surface area (Å²) in [5.74, 6) is 0.442. The molecular formula is C40H56N2O4. The predicted octanol–water partition coefficient (Wildman–Crippen LogP) is 7.99. The Morgan fingerprint density at radius 3 is 2.15 bits per heavy atom. The molecule has 46 heavy (non-hydrogen) atoms. The molecule has 0 aliphatic heterocycles. The van der Waals surface area contributed by atoms with E-state index >= 15 is 0 Å². The molecule has 0 spiro atoms. The largest absolute Gasteiger partial charge is 0.478 e. The van der Waals surface area contributed by atoms with E-state index in [-0.39, 0.29) is 27.2 Å². The molecule has 4 fully saturated rings. The van der Waals surface area contributed by atoms with E-state index in [9.17, 15) is 19.5 Å². The third-order valence-electron chi connectivity index (χ3n) is 15.0. The van der Waals surface area contributed by atoms with Crippen LogP contribution in [0.25, 0.3) is 5.57 Å². The van der Waals surface area contributed by atoms with Crippen molar-refractivity contribution >= 4 is 23.4 Å². The Balaban J connectivity index is 1.34. The molecule has 2 amide bonds. The Morgan fingerprint density at radius 2 is 1.54 bits per heavy atom. The van der Waals surface area contributed by atoms with Crippen LogP contribution < -0.4 is 5.32 Å². The van der Waals surface area contributed by atoms with E-state index in [1.54, 1.807) is 26.2 Å². The number of carboxylic acid groups (broad SMARTS) is 1. The quantitative estimate of drug-likeness (QED) is 0.261. The molecule has 0 saturated heterocycles. The second-order valence-corrected chi connectivity index (χ2v) is 17.4. The molecule has 5 aliphatic carbocycles. The van der Waals surface area contributed by atoms with Crippen LogP contribution >= 0.6 is 0 Å². The third kappa shape index (κ3) is 4.51. The van der Waals surface area contributed by atoms with Gasteiger partial charge in [0.1, 0.15) is 0 Å². The van der Waals surface area contributed by atoms with Gasteiger partial charge in [0.25, 0.3) is 0 Å². The van der Waals surface area contributed by atoms with Crippen LogP contribution in [-0.2, 0) is 9.59 Å². The lowest BCUT2D eigenvalue weighted by molar-refractivity contribution is -0.219. The number of nitrogens with one attached hydrogen (secondary N) is 1. The summed E-state index contributed by atoms with van der Waals surface area (Å²) in [6.45, 7) is 19.3. The molecule has 0 unspecified atom stereocenters. The summed E-state index contributed by atoms with van der Waals surface area (Å²) in [7, 11) is 3.30. The van der Waals surface area contributed by atoms with Gasteiger partial charge in [-0.1, -0.05) is 65.0 Å². The monoisotopic (exact) mass is 628 g/mol. The number of allylic oxidation sites excluding steroid dienone is 3. The van der Waals surface area contributed by atoms with E-state index in [1.165, 1.54) is 35.3 Å². The van der Waals surface area contributed by atoms with Gasteiger partial charge in [0.05, 0.1) is 5.56 Å². The van der Waals surface area contributed by atoms with Crippen LogP contribution in [0.15, 0.2) is 42.5 Å². The van der Waals surface area contributed by atoms with Gasteiger partial charge in [0.15, 0.2) is 0 Å². The lowest BCUT2D eigenvalue weighted by Crippen LogP contribution is -2.68. The average molecular weight is 629 g/mol. The van der Waals surface area contributed by atoms with Crippen LogP contribution in [-0.4, -0.2) is 47.4 Å². The smallest absolute Gasteiger partial charge is 0.335 e. The molecule has 0 bridgehead atoms. The Hall–Kier alpha value is -2.89. The molecule has 9 atom stereocenters. The van der Waals surface area contributed by atoms with Crippen molar-refractivity contribution in [1.82, 2.24) is 10.2 Å². The fourth-order valence-corrected chi connectivity index (χ4v) is 12.7. The van der Waals surface area contributed by atoms with Crippen molar-refractivity contribution < 1.29 is 19.5 Å². The number of carbonyl (C=O) groups is 3. The summed E-state index contributed by atoms with van der Waals surface area (Å²) in [4.78, 5) is 38.9. The lowest BCUT2D eigenvalue weighted by Gasteiger charge is -2.72. The zero-order chi connectivity index (χ0) is 33.6. The van der Waals surface area contributed by atoms with E-state index in [4.69, 9.17) is 0 Å². The minimum absolute atomic E-state index is 0.0295. The molecule has 250 valence electrons. The molecule has 0 heterocycles. The van der Waals surface area contributed by atoms with E-state index in [0.29, 0.717) is 35.2 Å². The first-order valence-corrected chi connectivity index (χ1v) is 17.7. The summed E-state index contributed by atoms with van der Waals surface area (Å²) in [5, 5.41) is 12.8. The second kappa shape index (κ2) is 10.8. The van der Waals surface area contributed by atoms with Gasteiger partial charge >= 0.3 is 17.8 Å². The number of amides is 2. The maximum Gasteiger partial charge on any atom is 0.335 e. The number of benzene rings is 1. The van der Waals surface area contributed by atoms with Crippen molar-refractivity contribution in [3.63, 3.8) is 0 Å². The van der Waals surface area contributed by atoms with E-state index in [0.717, 1.165) is 44.1 Å². The molecule has 0 radical (unpaired) electrons. The summed E-state index contributed by atoms with van der Waals surface area (Å²) < 4.78 is 0. The van der Waals surface area contributed by atoms with Crippen LogP contribution in [0.4, 0.5) is 0 Å². The molecule has 2 N–H and O–H groups in total. The molecule has 4 saturated carbocycles. The number of aromatic carboxylic acids is 1. The normalized spacial score (nSPS) is 40.7. The van der Waals surface area contributed by atoms with Crippen molar-refractivity contribution in [3.05, 3.63) is 53.6 Å². The van der Waals surface area contributed by atoms with Gasteiger partial charge in [0, 0.05) is 19.6 Å². The van der Waals surface area contributed by atoms with Gasteiger partial charge in [0.2, 0.25) is 0 Å². The third-order valence-corrected chi connectivity index (χ3v) is 15.0. The van der Waals surface area contributed by atoms with Crippen molar-refractivity contribution in [2.24, 2.45) is 51.2 Å². The molecule has 5 aliphatic rings. The Bertz CT molecular complexity index is 1490. The maximum atomic E-state index is 13.3. The fourth-order valence-electron chi connectivity index (χ4n) is 12.7. The first kappa shape index (κ1) is 33.0. The van der Waals surface area contributed by atoms with Gasteiger partial charge in [-0.3, -0.25) is 9.59 Å². The molecule has 0 aromatic heterocycles. The van der Waals surface area contributed by atoms with Crippen LogP contribution in [0.2, 0.25) is 0 Å². The topological polar surface area (TPSA) is 86.7 Å². The number of likely N-dealkylation sites (N-methyl/N-ethyl adjacent to an activating group) is 1. The Kier molecular flexibility index (Phi) is 7.77. The Morgan fingerprint density at radius 1 is 0.870 bits per heavy atom. The molecule has 6 nitrogen and oxygen atoms in total. The van der Waals surface area contributed by atoms with Crippen molar-refractivity contribution in [2.75, 3.05) is 14.1 Å². The summed E-state index contributed by atoms with van der Waals surface area (Å²) in [6.07, 6.45) is 12.2. The number of fused-ring (bicyclic) bond motifs is 7. The highest BCUT2D eigenvalue weighted by Crippen LogP contribution is 2.76. The van der Waals surface area contributed by atoms with Crippen LogP contribution in [0.3, 0.4) is 0 Å². The molecule has 1 aromatic carbocycles. The highest BCUT2D eigenvalue weighted by atomic mass is 16.4. The van der Waals surface area contributed by atoms with Gasteiger partial charge in [-0.25, -0.2) is 4.79 Å². The lowest BCUT2D eigenvalue weighted by atomic mass is 9.33. The van der Waals surface area contributed by atoms with Crippen LogP contribution in [0.5, 0.6) is 0 Å². The first-order chi connectivity index (χ1) is 21.4. The minimum atomic E-state index is -0.886. The zero-order valence-electron chi connectivity index (χ0n) is 29.5. The fraction of sp³-hybridized carbons (Fsp3) is 0.675. The highest BCUT2D eigenvalue weighted by Gasteiger charge is 2.70. The van der Waals surface area contributed by atoms with E-state index in [1.807, 2.05) is 12.1 Å². The van der Waals surface area contributed by atoms with Crippen LogP contribution in [0.1, 0.15) is 115 Å². The molecule has 6 heteroatoms. The number of nitrogens with zero attached hydrogens (tertiary/aromatic N) is 1. The minimum Gasteiger partial charge on any atom is -0.478 e. The average Bonchev–Trinajstić information content (AvgIpc) is 3.36. The van der Waals surface area contributed by atoms with E-state index < -0.39 is 17.8 Å². The summed E-state index contributed by atoms with van der Waals surface area (Å²) in [6, 6.07) is 7.48. The van der Waals surface area contributed by atoms with Gasteiger partial charge < -0.3 is 15.3 Å². The molecule has 6 rings (SSSR count).